The molecule has 1 aromatic carbocycles. The van der Waals surface area contributed by atoms with Gasteiger partial charge in [0.1, 0.15) is 0 Å². The summed E-state index contributed by atoms with van der Waals surface area (Å²) < 4.78 is 0. The maximum absolute atomic E-state index is 9.37. The number of hydrogen-bond donors (Lipinski definition) is 2. The van der Waals surface area contributed by atoms with Crippen LogP contribution >= 0.6 is 0 Å². The number of aliphatic hydroxyl groups excluding tert-OH is 1. The van der Waals surface area contributed by atoms with E-state index in [4.69, 9.17) is 0 Å². The van der Waals surface area contributed by atoms with Gasteiger partial charge in [-0.3, -0.25) is 0 Å². The molecule has 0 amide bonds. The van der Waals surface area contributed by atoms with Crippen LogP contribution in [0.15, 0.2) is 18.3 Å². The van der Waals surface area contributed by atoms with Crippen molar-refractivity contribution in [2.75, 3.05) is 0 Å². The zero-order valence-electron chi connectivity index (χ0n) is 9.59. The van der Waals surface area contributed by atoms with Gasteiger partial charge in [0.05, 0.1) is 6.61 Å². The second kappa shape index (κ2) is 3.63. The van der Waals surface area contributed by atoms with Gasteiger partial charge in [0.25, 0.3) is 0 Å². The van der Waals surface area contributed by atoms with Crippen molar-refractivity contribution in [3.8, 4) is 0 Å². The number of aromatic nitrogens is 1. The minimum absolute atomic E-state index is 0.159. The van der Waals surface area contributed by atoms with Gasteiger partial charge in [-0.15, -0.1) is 0 Å². The minimum atomic E-state index is 0.159. The number of rotatable bonds is 2. The molecule has 0 spiro atoms. The van der Waals surface area contributed by atoms with E-state index in [9.17, 15) is 5.11 Å². The Labute approximate surface area is 95.3 Å². The summed E-state index contributed by atoms with van der Waals surface area (Å²) in [6.45, 7) is 2.41. The lowest BCUT2D eigenvalue weighted by Gasteiger charge is -2.22. The highest BCUT2D eigenvalue weighted by atomic mass is 16.3. The van der Waals surface area contributed by atoms with E-state index in [0.29, 0.717) is 5.92 Å². The summed E-state index contributed by atoms with van der Waals surface area (Å²) in [5, 5.41) is 10.8. The van der Waals surface area contributed by atoms with Gasteiger partial charge in [-0.05, 0) is 47.9 Å². The van der Waals surface area contributed by atoms with Crippen LogP contribution in [-0.2, 0) is 13.0 Å². The molecule has 1 aliphatic rings. The molecule has 0 aliphatic heterocycles. The van der Waals surface area contributed by atoms with Gasteiger partial charge in [0.15, 0.2) is 0 Å². The van der Waals surface area contributed by atoms with Gasteiger partial charge in [-0.25, -0.2) is 0 Å². The molecular formula is C14H17NO. The summed E-state index contributed by atoms with van der Waals surface area (Å²) in [4.78, 5) is 3.35. The Balaban J connectivity index is 2.31. The second-order valence-electron chi connectivity index (χ2n) is 4.67. The molecule has 1 heterocycles. The first-order valence-corrected chi connectivity index (χ1v) is 6.07. The monoisotopic (exact) mass is 215 g/mol. The van der Waals surface area contributed by atoms with Gasteiger partial charge < -0.3 is 10.1 Å². The summed E-state index contributed by atoms with van der Waals surface area (Å²) in [6, 6.07) is 4.14. The number of hydrogen-bond acceptors (Lipinski definition) is 1. The molecule has 1 aromatic heterocycles. The molecule has 1 atom stereocenters. The van der Waals surface area contributed by atoms with Crippen molar-refractivity contribution in [3.63, 3.8) is 0 Å². The van der Waals surface area contributed by atoms with Crippen molar-refractivity contribution in [1.29, 1.82) is 0 Å². The highest BCUT2D eigenvalue weighted by Gasteiger charge is 2.23. The summed E-state index contributed by atoms with van der Waals surface area (Å²) in [5.41, 5.74) is 5.14. The zero-order chi connectivity index (χ0) is 11.1. The van der Waals surface area contributed by atoms with Crippen molar-refractivity contribution in [1.82, 2.24) is 4.98 Å². The lowest BCUT2D eigenvalue weighted by Crippen LogP contribution is -2.08. The van der Waals surface area contributed by atoms with E-state index in [1.165, 1.54) is 34.9 Å². The smallest absolute Gasteiger partial charge is 0.0684 e. The van der Waals surface area contributed by atoms with Gasteiger partial charge in [0.2, 0.25) is 0 Å². The predicted molar refractivity (Wildman–Crippen MR) is 65.6 cm³/mol. The summed E-state index contributed by atoms with van der Waals surface area (Å²) >= 11 is 0. The number of nitrogens with one attached hydrogen (secondary N) is 1. The minimum Gasteiger partial charge on any atom is -0.392 e. The SMILES string of the molecule is CCC1CCc2c(CO)ccc3[nH]cc1c23. The van der Waals surface area contributed by atoms with Crippen molar-refractivity contribution in [2.24, 2.45) is 0 Å². The number of benzene rings is 1. The molecule has 2 heteroatoms. The van der Waals surface area contributed by atoms with E-state index < -0.39 is 0 Å². The van der Waals surface area contributed by atoms with Gasteiger partial charge in [-0.2, -0.15) is 0 Å². The van der Waals surface area contributed by atoms with Crippen LogP contribution in [0.1, 0.15) is 42.4 Å². The van der Waals surface area contributed by atoms with Crippen LogP contribution in [0.4, 0.5) is 0 Å². The first-order chi connectivity index (χ1) is 7.85. The van der Waals surface area contributed by atoms with Crippen molar-refractivity contribution >= 4 is 10.9 Å². The third-order valence-electron chi connectivity index (χ3n) is 3.93. The summed E-state index contributed by atoms with van der Waals surface area (Å²) in [7, 11) is 0. The molecule has 0 bridgehead atoms. The Morgan fingerprint density at radius 1 is 1.44 bits per heavy atom. The van der Waals surface area contributed by atoms with E-state index in [1.807, 2.05) is 6.07 Å². The van der Waals surface area contributed by atoms with E-state index in [-0.39, 0.29) is 6.61 Å². The highest BCUT2D eigenvalue weighted by Crippen LogP contribution is 2.39. The molecule has 1 aliphatic carbocycles. The van der Waals surface area contributed by atoms with Crippen LogP contribution in [0.25, 0.3) is 10.9 Å². The topological polar surface area (TPSA) is 36.0 Å². The molecule has 3 rings (SSSR count). The molecule has 1 unspecified atom stereocenters. The van der Waals surface area contributed by atoms with Crippen LogP contribution in [0.3, 0.4) is 0 Å². The lowest BCUT2D eigenvalue weighted by atomic mass is 9.81. The maximum Gasteiger partial charge on any atom is 0.0684 e. The number of aromatic amines is 1. The van der Waals surface area contributed by atoms with E-state index in [0.717, 1.165) is 12.0 Å². The number of aliphatic hydroxyl groups is 1. The molecule has 0 fully saturated rings. The predicted octanol–water partition coefficient (Wildman–Crippen LogP) is 3.10. The van der Waals surface area contributed by atoms with Gasteiger partial charge >= 0.3 is 0 Å². The molecule has 84 valence electrons. The average molecular weight is 215 g/mol. The normalized spacial score (nSPS) is 19.2. The van der Waals surface area contributed by atoms with Gasteiger partial charge in [-0.1, -0.05) is 13.0 Å². The second-order valence-corrected chi connectivity index (χ2v) is 4.67. The Hall–Kier alpha value is -1.28. The maximum atomic E-state index is 9.37. The molecule has 2 aromatic rings. The lowest BCUT2D eigenvalue weighted by molar-refractivity contribution is 0.280. The molecule has 0 radical (unpaired) electrons. The first-order valence-electron chi connectivity index (χ1n) is 6.07. The number of aryl methyl sites for hydroxylation is 1. The Morgan fingerprint density at radius 3 is 3.06 bits per heavy atom. The third-order valence-corrected chi connectivity index (χ3v) is 3.93. The summed E-state index contributed by atoms with van der Waals surface area (Å²) in [5.74, 6) is 0.690. The van der Waals surface area contributed by atoms with E-state index in [2.05, 4.69) is 24.2 Å². The zero-order valence-corrected chi connectivity index (χ0v) is 9.59. The van der Waals surface area contributed by atoms with Gasteiger partial charge in [0, 0.05) is 17.1 Å². The molecular weight excluding hydrogens is 198 g/mol. The van der Waals surface area contributed by atoms with Crippen LogP contribution in [0, 0.1) is 0 Å². The van der Waals surface area contributed by atoms with Crippen LogP contribution < -0.4 is 0 Å². The average Bonchev–Trinajstić information content (AvgIpc) is 2.76. The molecule has 2 nitrogen and oxygen atoms in total. The van der Waals surface area contributed by atoms with Crippen LogP contribution in [-0.4, -0.2) is 10.1 Å². The molecule has 16 heavy (non-hydrogen) atoms. The van der Waals surface area contributed by atoms with E-state index in [1.54, 1.807) is 0 Å². The summed E-state index contributed by atoms with van der Waals surface area (Å²) in [6.07, 6.45) is 5.68. The fourth-order valence-electron chi connectivity index (χ4n) is 3.02. The standard InChI is InChI=1S/C14H17NO/c1-2-9-3-5-11-10(8-16)4-6-13-14(11)12(9)7-15-13/h4,6-7,9,15-16H,2-3,5,8H2,1H3. The van der Waals surface area contributed by atoms with Crippen molar-refractivity contribution in [3.05, 3.63) is 35.0 Å². The molecule has 0 saturated carbocycles. The first kappa shape index (κ1) is 9.91. The molecule has 0 saturated heterocycles. The Bertz CT molecular complexity index is 527. The quantitative estimate of drug-likeness (QED) is 0.793. The van der Waals surface area contributed by atoms with Crippen LogP contribution in [0.2, 0.25) is 0 Å². The Morgan fingerprint density at radius 2 is 2.31 bits per heavy atom. The third kappa shape index (κ3) is 1.23. The van der Waals surface area contributed by atoms with Crippen molar-refractivity contribution < 1.29 is 5.11 Å². The van der Waals surface area contributed by atoms with E-state index >= 15 is 0 Å². The Kier molecular flexibility index (Phi) is 2.25. The number of H-pyrrole nitrogens is 1. The van der Waals surface area contributed by atoms with Crippen molar-refractivity contribution in [2.45, 2.75) is 38.7 Å². The molecule has 2 N–H and O–H groups in total. The van der Waals surface area contributed by atoms with Crippen LogP contribution in [0.5, 0.6) is 0 Å². The fourth-order valence-corrected chi connectivity index (χ4v) is 3.02. The fraction of sp³-hybridized carbons (Fsp3) is 0.429. The largest absolute Gasteiger partial charge is 0.392 e. The highest BCUT2D eigenvalue weighted by molar-refractivity contribution is 5.89.